The van der Waals surface area contributed by atoms with Gasteiger partial charge in [0.25, 0.3) is 5.91 Å². The van der Waals surface area contributed by atoms with Crippen molar-refractivity contribution in [2.75, 3.05) is 19.7 Å². The van der Waals surface area contributed by atoms with Crippen LogP contribution in [-0.2, 0) is 11.8 Å². The number of carbonyl (C=O) groups is 1. The van der Waals surface area contributed by atoms with E-state index in [-0.39, 0.29) is 17.6 Å². The van der Waals surface area contributed by atoms with Crippen LogP contribution in [0.2, 0.25) is 5.02 Å². The standard InChI is InChI=1S/C21H24ClN3O3/c1-24-17(6-9-23-24)20(26)25-10-7-21(8-11-25)16-3-2-12-27-19(16)15-13-14(22)4-5-18(15)28-21/h4-6,9,13,16,19H,2-3,7-8,10-12H2,1H3/t16-,19+/m0/s1. The van der Waals surface area contributed by atoms with Crippen LogP contribution in [0.3, 0.4) is 0 Å². The van der Waals surface area contributed by atoms with Crippen molar-refractivity contribution >= 4 is 17.5 Å². The summed E-state index contributed by atoms with van der Waals surface area (Å²) in [7, 11) is 1.80. The molecule has 3 aliphatic heterocycles. The van der Waals surface area contributed by atoms with Crippen LogP contribution in [0.1, 0.15) is 47.8 Å². The maximum Gasteiger partial charge on any atom is 0.272 e. The van der Waals surface area contributed by atoms with Crippen molar-refractivity contribution in [1.29, 1.82) is 0 Å². The molecule has 4 heterocycles. The lowest BCUT2D eigenvalue weighted by molar-refractivity contribution is -0.147. The number of hydrogen-bond acceptors (Lipinski definition) is 4. The lowest BCUT2D eigenvalue weighted by atomic mass is 9.70. The van der Waals surface area contributed by atoms with E-state index in [1.165, 1.54) is 0 Å². The van der Waals surface area contributed by atoms with Crippen molar-refractivity contribution in [3.05, 3.63) is 46.7 Å². The second kappa shape index (κ2) is 6.78. The average molecular weight is 402 g/mol. The predicted octanol–water partition coefficient (Wildman–Crippen LogP) is 3.61. The molecule has 0 unspecified atom stereocenters. The summed E-state index contributed by atoms with van der Waals surface area (Å²) in [5.41, 5.74) is 1.41. The van der Waals surface area contributed by atoms with Crippen LogP contribution in [0.15, 0.2) is 30.5 Å². The summed E-state index contributed by atoms with van der Waals surface area (Å²) in [6.45, 7) is 2.13. The summed E-state index contributed by atoms with van der Waals surface area (Å²) in [5.74, 6) is 1.20. The zero-order valence-electron chi connectivity index (χ0n) is 15.9. The number of piperidine rings is 1. The molecular formula is C21H24ClN3O3. The summed E-state index contributed by atoms with van der Waals surface area (Å²) in [5, 5.41) is 4.83. The van der Waals surface area contributed by atoms with Gasteiger partial charge in [-0.3, -0.25) is 9.48 Å². The Morgan fingerprint density at radius 2 is 2.11 bits per heavy atom. The Kier molecular flexibility index (Phi) is 4.36. The summed E-state index contributed by atoms with van der Waals surface area (Å²) in [6.07, 6.45) is 5.42. The normalized spacial score (nSPS) is 25.7. The number of fused-ring (bicyclic) bond motifs is 4. The van der Waals surface area contributed by atoms with Crippen LogP contribution < -0.4 is 4.74 Å². The van der Waals surface area contributed by atoms with Gasteiger partial charge < -0.3 is 14.4 Å². The molecule has 2 aromatic rings. The molecule has 2 atom stereocenters. The van der Waals surface area contributed by atoms with Gasteiger partial charge in [0.2, 0.25) is 0 Å². The molecular weight excluding hydrogens is 378 g/mol. The van der Waals surface area contributed by atoms with Crippen LogP contribution in [0.25, 0.3) is 0 Å². The van der Waals surface area contributed by atoms with E-state index in [4.69, 9.17) is 21.1 Å². The van der Waals surface area contributed by atoms with Gasteiger partial charge in [0.05, 0.1) is 6.10 Å². The minimum atomic E-state index is -0.283. The molecule has 2 fully saturated rings. The minimum Gasteiger partial charge on any atom is -0.486 e. The first kappa shape index (κ1) is 18.0. The van der Waals surface area contributed by atoms with Gasteiger partial charge in [0.1, 0.15) is 17.0 Å². The van der Waals surface area contributed by atoms with Crippen LogP contribution in [0.4, 0.5) is 0 Å². The summed E-state index contributed by atoms with van der Waals surface area (Å²) < 4.78 is 14.5. The number of hydrogen-bond donors (Lipinski definition) is 0. The van der Waals surface area contributed by atoms with Gasteiger partial charge in [0, 0.05) is 62.3 Å². The van der Waals surface area contributed by atoms with E-state index in [0.29, 0.717) is 29.7 Å². The number of benzene rings is 1. The van der Waals surface area contributed by atoms with Crippen molar-refractivity contribution < 1.29 is 14.3 Å². The molecule has 28 heavy (non-hydrogen) atoms. The number of aryl methyl sites for hydroxylation is 1. The highest BCUT2D eigenvalue weighted by Gasteiger charge is 2.52. The van der Waals surface area contributed by atoms with Gasteiger partial charge in [-0.15, -0.1) is 0 Å². The van der Waals surface area contributed by atoms with E-state index < -0.39 is 0 Å². The van der Waals surface area contributed by atoms with E-state index in [0.717, 1.165) is 43.6 Å². The third kappa shape index (κ3) is 2.81. The van der Waals surface area contributed by atoms with E-state index in [2.05, 4.69) is 5.10 Å². The molecule has 0 bridgehead atoms. The Labute approximate surface area is 169 Å². The number of likely N-dealkylation sites (tertiary alicyclic amines) is 1. The fourth-order valence-electron chi connectivity index (χ4n) is 5.06. The molecule has 3 aliphatic rings. The van der Waals surface area contributed by atoms with Gasteiger partial charge in [-0.05, 0) is 37.1 Å². The maximum absolute atomic E-state index is 12.9. The Morgan fingerprint density at radius 1 is 1.29 bits per heavy atom. The van der Waals surface area contributed by atoms with Crippen LogP contribution in [0, 0.1) is 5.92 Å². The maximum atomic E-state index is 12.9. The van der Waals surface area contributed by atoms with E-state index >= 15 is 0 Å². The Morgan fingerprint density at radius 3 is 2.86 bits per heavy atom. The number of halogens is 1. The first-order valence-electron chi connectivity index (χ1n) is 9.95. The van der Waals surface area contributed by atoms with E-state index in [9.17, 15) is 4.79 Å². The lowest BCUT2D eigenvalue weighted by Crippen LogP contribution is -2.57. The summed E-state index contributed by atoms with van der Waals surface area (Å²) in [4.78, 5) is 14.8. The zero-order chi connectivity index (χ0) is 19.3. The number of rotatable bonds is 1. The van der Waals surface area contributed by atoms with Crippen molar-refractivity contribution in [1.82, 2.24) is 14.7 Å². The fourth-order valence-corrected chi connectivity index (χ4v) is 5.24. The molecule has 148 valence electrons. The minimum absolute atomic E-state index is 0.0236. The fraction of sp³-hybridized carbons (Fsp3) is 0.524. The molecule has 0 aliphatic carbocycles. The van der Waals surface area contributed by atoms with Crippen LogP contribution in [0.5, 0.6) is 5.75 Å². The number of aromatic nitrogens is 2. The quantitative estimate of drug-likeness (QED) is 0.732. The van der Waals surface area contributed by atoms with Gasteiger partial charge in [-0.1, -0.05) is 11.6 Å². The van der Waals surface area contributed by atoms with E-state index in [1.54, 1.807) is 24.0 Å². The Balaban J connectivity index is 1.41. The summed E-state index contributed by atoms with van der Waals surface area (Å²) >= 11 is 6.24. The predicted molar refractivity (Wildman–Crippen MR) is 105 cm³/mol. The molecule has 1 spiro atoms. The molecule has 6 nitrogen and oxygen atoms in total. The topological polar surface area (TPSA) is 56.6 Å². The average Bonchev–Trinajstić information content (AvgIpc) is 3.15. The SMILES string of the molecule is Cn1nccc1C(=O)N1CCC2(CC1)Oc1ccc(Cl)cc1[C@H]1OCCC[C@@H]12. The highest BCUT2D eigenvalue weighted by molar-refractivity contribution is 6.30. The molecule has 1 amide bonds. The first-order valence-corrected chi connectivity index (χ1v) is 10.3. The summed E-state index contributed by atoms with van der Waals surface area (Å²) in [6, 6.07) is 7.58. The van der Waals surface area contributed by atoms with Gasteiger partial charge in [-0.2, -0.15) is 5.10 Å². The number of carbonyl (C=O) groups excluding carboxylic acids is 1. The van der Waals surface area contributed by atoms with Crippen molar-refractivity contribution in [3.63, 3.8) is 0 Å². The van der Waals surface area contributed by atoms with E-state index in [1.807, 2.05) is 23.1 Å². The third-order valence-electron chi connectivity index (χ3n) is 6.53. The number of amides is 1. The Hall–Kier alpha value is -2.05. The molecule has 1 aromatic heterocycles. The smallest absolute Gasteiger partial charge is 0.272 e. The second-order valence-electron chi connectivity index (χ2n) is 8.02. The molecule has 0 radical (unpaired) electrons. The highest BCUT2D eigenvalue weighted by atomic mass is 35.5. The molecule has 0 saturated carbocycles. The van der Waals surface area contributed by atoms with Crippen LogP contribution in [-0.4, -0.2) is 45.9 Å². The third-order valence-corrected chi connectivity index (χ3v) is 6.76. The number of nitrogens with zero attached hydrogens (tertiary/aromatic N) is 3. The second-order valence-corrected chi connectivity index (χ2v) is 8.46. The molecule has 2 saturated heterocycles. The van der Waals surface area contributed by atoms with Gasteiger partial charge in [-0.25, -0.2) is 0 Å². The largest absolute Gasteiger partial charge is 0.486 e. The monoisotopic (exact) mass is 401 g/mol. The number of ether oxygens (including phenoxy) is 2. The van der Waals surface area contributed by atoms with Crippen molar-refractivity contribution in [3.8, 4) is 5.75 Å². The Bertz CT molecular complexity index is 904. The van der Waals surface area contributed by atoms with Gasteiger partial charge >= 0.3 is 0 Å². The van der Waals surface area contributed by atoms with Crippen LogP contribution >= 0.6 is 11.6 Å². The first-order chi connectivity index (χ1) is 13.6. The molecule has 5 rings (SSSR count). The van der Waals surface area contributed by atoms with Gasteiger partial charge in [0.15, 0.2) is 0 Å². The molecule has 0 N–H and O–H groups in total. The molecule has 1 aromatic carbocycles. The molecule has 7 heteroatoms. The van der Waals surface area contributed by atoms with Crippen molar-refractivity contribution in [2.24, 2.45) is 13.0 Å². The lowest BCUT2D eigenvalue weighted by Gasteiger charge is -2.53. The highest BCUT2D eigenvalue weighted by Crippen LogP contribution is 2.53. The van der Waals surface area contributed by atoms with Crippen molar-refractivity contribution in [2.45, 2.75) is 37.4 Å². The zero-order valence-corrected chi connectivity index (χ0v) is 16.7.